The van der Waals surface area contributed by atoms with Crippen molar-refractivity contribution in [2.75, 3.05) is 162 Å². The van der Waals surface area contributed by atoms with Crippen LogP contribution >= 0.6 is 0 Å². The number of unbranched alkanes of at least 4 members (excludes halogenated alkanes) is 2. The van der Waals surface area contributed by atoms with Gasteiger partial charge in [-0.1, -0.05) is 6.42 Å². The SMILES string of the molecule is CN(C)C(=O)C(CCCCN)NC(=O)[C@H](CCCNCCCN)NCCCN.CN(C)C(=O)C(N)CCCCN.CN(C)C(=O)CN.CN(C)C(=O)CNC(=O)[C@@H](N)CCCN.CN(C)C(=O)CNC(=O)[C@@H](N)CCCNCCCN. The highest BCUT2D eigenvalue weighted by Gasteiger charge is 2.26. The molecule has 0 radical (unpaired) electrons. The fourth-order valence-electron chi connectivity index (χ4n) is 6.27. The molecule has 29 heteroatoms. The summed E-state index contributed by atoms with van der Waals surface area (Å²) in [6.07, 6.45) is 11.7. The molecule has 0 spiro atoms. The summed E-state index contributed by atoms with van der Waals surface area (Å²) >= 11 is 0. The minimum atomic E-state index is -0.580. The Morgan fingerprint density at radius 3 is 1.06 bits per heavy atom. The first-order valence-electron chi connectivity index (χ1n) is 28.4. The molecular weight excluding hydrogens is 1050 g/mol. The van der Waals surface area contributed by atoms with Gasteiger partial charge in [-0.3, -0.25) is 38.4 Å². The number of nitrogens with zero attached hydrogens (tertiary/aromatic N) is 5. The quantitative estimate of drug-likeness (QED) is 0.0254. The lowest BCUT2D eigenvalue weighted by Crippen LogP contribution is -2.52. The molecule has 0 rings (SSSR count). The zero-order valence-electron chi connectivity index (χ0n) is 51.7. The first kappa shape index (κ1) is 85.0. The van der Waals surface area contributed by atoms with Crippen molar-refractivity contribution in [1.82, 2.24) is 56.4 Å². The van der Waals surface area contributed by atoms with E-state index in [1.807, 2.05) is 0 Å². The maximum atomic E-state index is 12.8. The molecule has 480 valence electrons. The van der Waals surface area contributed by atoms with Crippen LogP contribution < -0.4 is 89.2 Å². The number of hydrogen-bond acceptors (Lipinski definition) is 21. The maximum absolute atomic E-state index is 12.8. The van der Waals surface area contributed by atoms with Gasteiger partial charge in [-0.05, 0) is 162 Å². The molecule has 29 nitrogen and oxygen atoms in total. The van der Waals surface area contributed by atoms with E-state index < -0.39 is 18.1 Å². The lowest BCUT2D eigenvalue weighted by Gasteiger charge is -2.25. The van der Waals surface area contributed by atoms with Crippen molar-refractivity contribution in [3.63, 3.8) is 0 Å². The van der Waals surface area contributed by atoms with Crippen LogP contribution in [-0.2, 0) is 38.4 Å². The van der Waals surface area contributed by atoms with Crippen LogP contribution in [0.5, 0.6) is 0 Å². The van der Waals surface area contributed by atoms with Gasteiger partial charge >= 0.3 is 0 Å². The normalized spacial score (nSPS) is 12.2. The molecule has 8 amide bonds. The van der Waals surface area contributed by atoms with E-state index in [0.717, 1.165) is 90.4 Å². The third kappa shape index (κ3) is 54.3. The maximum Gasteiger partial charge on any atom is 0.244 e. The fraction of sp³-hybridized carbons (Fsp3) is 0.846. The summed E-state index contributed by atoms with van der Waals surface area (Å²) < 4.78 is 0. The third-order valence-electron chi connectivity index (χ3n) is 11.5. The van der Waals surface area contributed by atoms with Gasteiger partial charge in [0, 0.05) is 70.5 Å². The Bertz CT molecular complexity index is 1600. The highest BCUT2D eigenvalue weighted by Crippen LogP contribution is 2.06. The minimum Gasteiger partial charge on any atom is -0.348 e. The Hall–Kier alpha value is -4.76. The molecule has 0 aromatic carbocycles. The van der Waals surface area contributed by atoms with Gasteiger partial charge in [0.05, 0.1) is 43.8 Å². The monoisotopic (exact) mass is 1170 g/mol. The Kier molecular flexibility index (Phi) is 61.4. The molecule has 0 aliphatic heterocycles. The molecule has 81 heavy (non-hydrogen) atoms. The lowest BCUT2D eigenvalue weighted by atomic mass is 10.1. The van der Waals surface area contributed by atoms with E-state index in [1.54, 1.807) is 70.5 Å². The van der Waals surface area contributed by atoms with Crippen LogP contribution in [0.1, 0.15) is 96.3 Å². The summed E-state index contributed by atoms with van der Waals surface area (Å²) in [6, 6.07) is -2.35. The van der Waals surface area contributed by atoms with Crippen molar-refractivity contribution in [2.24, 2.45) is 57.3 Å². The predicted molar refractivity (Wildman–Crippen MR) is 326 cm³/mol. The van der Waals surface area contributed by atoms with E-state index in [1.165, 1.54) is 24.5 Å². The molecule has 0 fully saturated rings. The van der Waals surface area contributed by atoms with Gasteiger partial charge in [-0.2, -0.15) is 0 Å². The molecule has 26 N–H and O–H groups in total. The summed E-state index contributed by atoms with van der Waals surface area (Å²) in [4.78, 5) is 99.5. The fourth-order valence-corrected chi connectivity index (χ4v) is 6.27. The Labute approximate surface area is 486 Å². The van der Waals surface area contributed by atoms with E-state index in [2.05, 4.69) is 31.9 Å². The highest BCUT2D eigenvalue weighted by atomic mass is 16.2. The zero-order valence-corrected chi connectivity index (χ0v) is 51.7. The van der Waals surface area contributed by atoms with Gasteiger partial charge in [0.2, 0.25) is 47.3 Å². The third-order valence-corrected chi connectivity index (χ3v) is 11.5. The molecule has 0 aliphatic rings. The van der Waals surface area contributed by atoms with Crippen LogP contribution in [0.15, 0.2) is 0 Å². The van der Waals surface area contributed by atoms with Gasteiger partial charge in [-0.15, -0.1) is 0 Å². The second kappa shape index (κ2) is 58.4. The van der Waals surface area contributed by atoms with Crippen LogP contribution in [0.3, 0.4) is 0 Å². The molecule has 0 saturated carbocycles. The summed E-state index contributed by atoms with van der Waals surface area (Å²) in [5.41, 5.74) is 54.5. The van der Waals surface area contributed by atoms with E-state index >= 15 is 0 Å². The van der Waals surface area contributed by atoms with Crippen LogP contribution in [0, 0.1) is 0 Å². The molecule has 0 bridgehead atoms. The van der Waals surface area contributed by atoms with Crippen molar-refractivity contribution in [3.05, 3.63) is 0 Å². The number of carbonyl (C=O) groups is 8. The second-order valence-electron chi connectivity index (χ2n) is 20.1. The number of amides is 8. The van der Waals surface area contributed by atoms with Crippen molar-refractivity contribution < 1.29 is 38.4 Å². The smallest absolute Gasteiger partial charge is 0.244 e. The van der Waals surface area contributed by atoms with Gasteiger partial charge < -0.3 is 114 Å². The second-order valence-corrected chi connectivity index (χ2v) is 20.1. The molecular formula is C52H119N21O8. The van der Waals surface area contributed by atoms with Crippen LogP contribution in [0.25, 0.3) is 0 Å². The molecule has 0 saturated heterocycles. The van der Waals surface area contributed by atoms with Crippen molar-refractivity contribution in [1.29, 1.82) is 0 Å². The van der Waals surface area contributed by atoms with Crippen molar-refractivity contribution >= 4 is 47.3 Å². The first-order valence-corrected chi connectivity index (χ1v) is 28.4. The van der Waals surface area contributed by atoms with E-state index in [-0.39, 0.29) is 79.0 Å². The number of likely N-dealkylation sites (N-methyl/N-ethyl adjacent to an activating group) is 5. The zero-order chi connectivity index (χ0) is 63.1. The van der Waals surface area contributed by atoms with Crippen LogP contribution in [0.4, 0.5) is 0 Å². The van der Waals surface area contributed by atoms with Crippen molar-refractivity contribution in [2.45, 2.75) is 127 Å². The van der Waals surface area contributed by atoms with E-state index in [4.69, 9.17) is 57.3 Å². The summed E-state index contributed by atoms with van der Waals surface area (Å²) in [7, 11) is 16.7. The average Bonchev–Trinajstić information content (AvgIpc) is 3.43. The predicted octanol–water partition coefficient (Wildman–Crippen LogP) is -6.23. The Morgan fingerprint density at radius 2 is 0.691 bits per heavy atom. The van der Waals surface area contributed by atoms with E-state index in [0.29, 0.717) is 77.9 Å². The number of carbonyl (C=O) groups excluding carboxylic acids is 8. The molecule has 0 aromatic heterocycles. The lowest BCUT2D eigenvalue weighted by molar-refractivity contribution is -0.135. The number of hydrogen-bond donors (Lipinski definition) is 16. The van der Waals surface area contributed by atoms with Crippen LogP contribution in [0.2, 0.25) is 0 Å². The Morgan fingerprint density at radius 1 is 0.346 bits per heavy atom. The Balaban J connectivity index is -0.000000317. The minimum absolute atomic E-state index is 0.00567. The molecule has 0 aromatic rings. The average molecular weight is 1170 g/mol. The van der Waals surface area contributed by atoms with E-state index in [9.17, 15) is 38.4 Å². The van der Waals surface area contributed by atoms with Gasteiger partial charge in [-0.25, -0.2) is 0 Å². The number of nitrogens with two attached hydrogens (primary N) is 10. The summed E-state index contributed by atoms with van der Waals surface area (Å²) in [5.74, 6) is -1.16. The molecule has 0 heterocycles. The molecule has 2 unspecified atom stereocenters. The van der Waals surface area contributed by atoms with Crippen LogP contribution in [-0.4, -0.2) is 264 Å². The van der Waals surface area contributed by atoms with Gasteiger partial charge in [0.1, 0.15) is 6.04 Å². The summed E-state index contributed by atoms with van der Waals surface area (Å²) in [6.45, 7) is 7.86. The van der Waals surface area contributed by atoms with Gasteiger partial charge in [0.25, 0.3) is 0 Å². The largest absolute Gasteiger partial charge is 0.348 e. The number of nitrogens with one attached hydrogen (secondary N) is 6. The highest BCUT2D eigenvalue weighted by molar-refractivity contribution is 5.90. The topological polar surface area (TPSA) is 485 Å². The molecule has 5 atom stereocenters. The molecule has 0 aliphatic carbocycles. The van der Waals surface area contributed by atoms with Crippen molar-refractivity contribution in [3.8, 4) is 0 Å². The first-order chi connectivity index (χ1) is 38.2. The van der Waals surface area contributed by atoms with Gasteiger partial charge in [0.15, 0.2) is 0 Å². The standard InChI is InChI=1S/C19H43N7O2.C12H27N5O2.C9H20N4O2.C8H19N3O.C4H10N2O/c1-26(2)19(28)17(8-3-4-10-20)25-18(27)16(24-15-7-12-22)9-5-13-23-14-6-11-21;1-17(2)11(18)9-16-12(19)10(14)5-3-7-15-8-4-6-13;1-13(2)8(14)6-12-9(15)7(11)4-3-5-10;1-11(2)8(12)7(10)5-3-4-6-9;1-6(2)4(7)3-5/h16-17,23-24H,3-15,20-22H2,1-2H3,(H,25,27);10,15H,3-9,13-14H2,1-2H3,(H,16,19);7H,3-6,10-11H2,1-2H3,(H,12,15);7H,3-6,9-10H2,1-2H3;3,5H2,1-2H3/t16-,17?;10-;7-;;/m000../s1. The summed E-state index contributed by atoms with van der Waals surface area (Å²) in [5, 5.41) is 17.8. The number of rotatable bonds is 40.